The Bertz CT molecular complexity index is 392. The summed E-state index contributed by atoms with van der Waals surface area (Å²) in [6.45, 7) is 8.53. The Kier molecular flexibility index (Phi) is 4.52. The molecular weight excluding hydrogens is 252 g/mol. The van der Waals surface area contributed by atoms with E-state index in [1.807, 2.05) is 13.8 Å². The van der Waals surface area contributed by atoms with Gasteiger partial charge in [-0.25, -0.2) is 0 Å². The lowest BCUT2D eigenvalue weighted by Gasteiger charge is -2.36. The first-order chi connectivity index (χ1) is 9.34. The molecule has 1 aliphatic carbocycles. The first-order valence-corrected chi connectivity index (χ1v) is 7.96. The van der Waals surface area contributed by atoms with Crippen molar-refractivity contribution < 1.29 is 9.59 Å². The van der Waals surface area contributed by atoms with E-state index in [0.717, 1.165) is 19.3 Å². The highest BCUT2D eigenvalue weighted by Gasteiger charge is 2.42. The molecule has 2 fully saturated rings. The number of amides is 2. The van der Waals surface area contributed by atoms with E-state index < -0.39 is 0 Å². The summed E-state index contributed by atoms with van der Waals surface area (Å²) in [5, 5.41) is 3.45. The molecule has 3 atom stereocenters. The molecular formula is C16H28N2O2. The van der Waals surface area contributed by atoms with Crippen LogP contribution in [0.15, 0.2) is 0 Å². The van der Waals surface area contributed by atoms with Gasteiger partial charge in [0, 0.05) is 12.1 Å². The quantitative estimate of drug-likeness (QED) is 0.805. The molecule has 0 aromatic rings. The maximum Gasteiger partial charge on any atom is 0.247 e. The topological polar surface area (TPSA) is 49.4 Å². The lowest BCUT2D eigenvalue weighted by Crippen LogP contribution is -2.47. The molecule has 2 aliphatic rings. The van der Waals surface area contributed by atoms with Crippen molar-refractivity contribution in [1.29, 1.82) is 0 Å². The van der Waals surface area contributed by atoms with Gasteiger partial charge in [-0.1, -0.05) is 27.2 Å². The van der Waals surface area contributed by atoms with Gasteiger partial charge in [-0.05, 0) is 38.0 Å². The fourth-order valence-electron chi connectivity index (χ4n) is 3.55. The van der Waals surface area contributed by atoms with Crippen LogP contribution in [0.4, 0.5) is 0 Å². The second-order valence-electron chi connectivity index (χ2n) is 7.24. The highest BCUT2D eigenvalue weighted by atomic mass is 16.2. The third-order valence-corrected chi connectivity index (χ3v) is 4.86. The highest BCUT2D eigenvalue weighted by molar-refractivity contribution is 6.05. The Morgan fingerprint density at radius 2 is 2.10 bits per heavy atom. The molecule has 1 heterocycles. The van der Waals surface area contributed by atoms with Crippen molar-refractivity contribution in [3.63, 3.8) is 0 Å². The van der Waals surface area contributed by atoms with Gasteiger partial charge in [0.05, 0.1) is 12.5 Å². The van der Waals surface area contributed by atoms with Gasteiger partial charge in [-0.2, -0.15) is 0 Å². The second-order valence-corrected chi connectivity index (χ2v) is 7.24. The van der Waals surface area contributed by atoms with E-state index in [2.05, 4.69) is 19.2 Å². The monoisotopic (exact) mass is 280 g/mol. The molecule has 3 unspecified atom stereocenters. The maximum atomic E-state index is 12.4. The van der Waals surface area contributed by atoms with Crippen molar-refractivity contribution in [3.05, 3.63) is 0 Å². The summed E-state index contributed by atoms with van der Waals surface area (Å²) in [5.74, 6) is -0.0374. The van der Waals surface area contributed by atoms with E-state index in [1.165, 1.54) is 17.7 Å². The fourth-order valence-corrected chi connectivity index (χ4v) is 3.55. The number of carbonyl (C=O) groups excluding carboxylic acids is 2. The van der Waals surface area contributed by atoms with Crippen LogP contribution in [0, 0.1) is 5.41 Å². The number of carbonyl (C=O) groups is 2. The molecule has 20 heavy (non-hydrogen) atoms. The van der Waals surface area contributed by atoms with Crippen molar-refractivity contribution in [3.8, 4) is 0 Å². The molecule has 4 nitrogen and oxygen atoms in total. The predicted octanol–water partition coefficient (Wildman–Crippen LogP) is 2.47. The molecule has 2 rings (SSSR count). The normalized spacial score (nSPS) is 31.7. The van der Waals surface area contributed by atoms with Gasteiger partial charge in [0.25, 0.3) is 0 Å². The Balaban J connectivity index is 1.97. The summed E-state index contributed by atoms with van der Waals surface area (Å²) in [6, 6.07) is 0.0948. The number of nitrogens with one attached hydrogen (secondary N) is 1. The van der Waals surface area contributed by atoms with Gasteiger partial charge < -0.3 is 5.32 Å². The van der Waals surface area contributed by atoms with E-state index >= 15 is 0 Å². The van der Waals surface area contributed by atoms with Crippen LogP contribution in [-0.4, -0.2) is 34.8 Å². The summed E-state index contributed by atoms with van der Waals surface area (Å²) in [7, 11) is 0. The van der Waals surface area contributed by atoms with Crippen LogP contribution in [-0.2, 0) is 9.59 Å². The van der Waals surface area contributed by atoms with Crippen LogP contribution in [0.5, 0.6) is 0 Å². The Hall–Kier alpha value is -0.900. The molecule has 114 valence electrons. The minimum atomic E-state index is -0.296. The highest BCUT2D eigenvalue weighted by Crippen LogP contribution is 2.35. The summed E-state index contributed by atoms with van der Waals surface area (Å²) >= 11 is 0. The van der Waals surface area contributed by atoms with Crippen molar-refractivity contribution in [2.45, 2.75) is 84.3 Å². The molecule has 1 aliphatic heterocycles. The van der Waals surface area contributed by atoms with Gasteiger partial charge in [-0.15, -0.1) is 0 Å². The second kappa shape index (κ2) is 5.84. The zero-order chi connectivity index (χ0) is 14.9. The zero-order valence-electron chi connectivity index (χ0n) is 13.2. The minimum absolute atomic E-state index is 0.0167. The molecule has 1 saturated carbocycles. The first kappa shape index (κ1) is 15.5. The Morgan fingerprint density at radius 1 is 1.40 bits per heavy atom. The van der Waals surface area contributed by atoms with E-state index in [-0.39, 0.29) is 23.9 Å². The third-order valence-electron chi connectivity index (χ3n) is 4.86. The van der Waals surface area contributed by atoms with Crippen LogP contribution < -0.4 is 5.32 Å². The zero-order valence-corrected chi connectivity index (χ0v) is 13.2. The molecule has 0 bridgehead atoms. The first-order valence-electron chi connectivity index (χ1n) is 7.96. The molecule has 2 amide bonds. The van der Waals surface area contributed by atoms with Gasteiger partial charge in [-0.3, -0.25) is 14.5 Å². The summed E-state index contributed by atoms with van der Waals surface area (Å²) < 4.78 is 0. The number of imide groups is 1. The van der Waals surface area contributed by atoms with Crippen LogP contribution in [0.25, 0.3) is 0 Å². The summed E-state index contributed by atoms with van der Waals surface area (Å²) in [6.07, 6.45) is 5.82. The average Bonchev–Trinajstić information content (AvgIpc) is 2.62. The molecule has 1 saturated heterocycles. The molecule has 1 N–H and O–H groups in total. The van der Waals surface area contributed by atoms with Gasteiger partial charge in [0.2, 0.25) is 11.8 Å². The largest absolute Gasteiger partial charge is 0.303 e. The maximum absolute atomic E-state index is 12.4. The molecule has 0 aromatic heterocycles. The molecule has 0 radical (unpaired) electrons. The van der Waals surface area contributed by atoms with E-state index in [4.69, 9.17) is 0 Å². The number of nitrogens with zero attached hydrogens (tertiary/aromatic N) is 1. The van der Waals surface area contributed by atoms with Gasteiger partial charge in [0.1, 0.15) is 0 Å². The summed E-state index contributed by atoms with van der Waals surface area (Å²) in [5.41, 5.74) is 0.345. The van der Waals surface area contributed by atoms with E-state index in [1.54, 1.807) is 0 Å². The number of hydrogen-bond acceptors (Lipinski definition) is 3. The Morgan fingerprint density at radius 3 is 2.70 bits per heavy atom. The lowest BCUT2D eigenvalue weighted by molar-refractivity contribution is -0.141. The van der Waals surface area contributed by atoms with Crippen molar-refractivity contribution in [2.24, 2.45) is 5.41 Å². The summed E-state index contributed by atoms with van der Waals surface area (Å²) in [4.78, 5) is 25.9. The predicted molar refractivity (Wildman–Crippen MR) is 79.2 cm³/mol. The van der Waals surface area contributed by atoms with Crippen LogP contribution >= 0.6 is 0 Å². The fraction of sp³-hybridized carbons (Fsp3) is 0.875. The van der Waals surface area contributed by atoms with Crippen molar-refractivity contribution in [1.82, 2.24) is 10.2 Å². The SMILES string of the molecule is CCC(C)N1C(=O)CC(NC2CCCC(C)(C)C2)C1=O. The van der Waals surface area contributed by atoms with Crippen LogP contribution in [0.3, 0.4) is 0 Å². The Labute approximate surface area is 122 Å². The smallest absolute Gasteiger partial charge is 0.247 e. The lowest BCUT2D eigenvalue weighted by atomic mass is 9.75. The number of hydrogen-bond donors (Lipinski definition) is 1. The van der Waals surface area contributed by atoms with Crippen molar-refractivity contribution in [2.75, 3.05) is 0 Å². The van der Waals surface area contributed by atoms with Gasteiger partial charge >= 0.3 is 0 Å². The van der Waals surface area contributed by atoms with Gasteiger partial charge in [0.15, 0.2) is 0 Å². The standard InChI is InChI=1S/C16H28N2O2/c1-5-11(2)18-14(19)9-13(15(18)20)17-12-7-6-8-16(3,4)10-12/h11-13,17H,5-10H2,1-4H3. The van der Waals surface area contributed by atoms with E-state index in [0.29, 0.717) is 17.9 Å². The van der Waals surface area contributed by atoms with Crippen LogP contribution in [0.2, 0.25) is 0 Å². The molecule has 0 aromatic carbocycles. The third kappa shape index (κ3) is 3.22. The molecule has 0 spiro atoms. The molecule has 4 heteroatoms. The number of likely N-dealkylation sites (tertiary alicyclic amines) is 1. The minimum Gasteiger partial charge on any atom is -0.303 e. The van der Waals surface area contributed by atoms with Crippen molar-refractivity contribution >= 4 is 11.8 Å². The van der Waals surface area contributed by atoms with Crippen LogP contribution in [0.1, 0.15) is 66.2 Å². The van der Waals surface area contributed by atoms with E-state index in [9.17, 15) is 9.59 Å². The average molecular weight is 280 g/mol. The number of rotatable bonds is 4.